The molecule has 0 aliphatic heterocycles. The van der Waals surface area contributed by atoms with Crippen LogP contribution in [-0.2, 0) is 33.4 Å². The molecule has 0 fully saturated rings. The van der Waals surface area contributed by atoms with Gasteiger partial charge in [-0.05, 0) is 48.5 Å². The largest absolute Gasteiger partial charge is 1.00 e. The number of carbonyl (C=O) groups excluding carboxylic acids is 4. The van der Waals surface area contributed by atoms with Crippen LogP contribution in [0.4, 0.5) is 0 Å². The summed E-state index contributed by atoms with van der Waals surface area (Å²) in [5, 5.41) is 9.88. The molecule has 0 aromatic rings. The van der Waals surface area contributed by atoms with Gasteiger partial charge in [0.25, 0.3) is 0 Å². The van der Waals surface area contributed by atoms with Crippen LogP contribution in [0.5, 0.6) is 0 Å². The predicted octanol–water partition coefficient (Wildman–Crippen LogP) is -2.25. The van der Waals surface area contributed by atoms with E-state index in [2.05, 4.69) is 9.47 Å². The van der Waals surface area contributed by atoms with E-state index in [9.17, 15) is 24.3 Å². The number of hydrogen-bond donors (Lipinski definition) is 0. The van der Waals surface area contributed by atoms with Crippen molar-refractivity contribution < 1.29 is 89.9 Å². The summed E-state index contributed by atoms with van der Waals surface area (Å²) >= 11 is 0. The normalized spacial score (nSPS) is 10.4. The maximum Gasteiger partial charge on any atom is 1.00 e. The zero-order chi connectivity index (χ0) is 19.6. The van der Waals surface area contributed by atoms with Crippen LogP contribution in [0.15, 0.2) is 0 Å². The standard InChI is InChI=1S/C9H16O4.C7H12O4.K/c1-5-12-7(10)6-8(11)13-9(2,3)4;1-7(2,3)11-6(10)4-5(8)9;/h5-6H2,1-4H3;4H2,1-3H3,(H,8,9);/q;;+1/p-1. The average molecular weight is 386 g/mol. The molecule has 8 nitrogen and oxygen atoms in total. The Morgan fingerprint density at radius 1 is 0.760 bits per heavy atom. The molecule has 0 heterocycles. The van der Waals surface area contributed by atoms with Gasteiger partial charge in [0.1, 0.15) is 17.6 Å². The summed E-state index contributed by atoms with van der Waals surface area (Å²) in [6.45, 7) is 12.2. The minimum absolute atomic E-state index is 0. The Bertz CT molecular complexity index is 446. The van der Waals surface area contributed by atoms with Gasteiger partial charge in [0.15, 0.2) is 0 Å². The number of esters is 3. The van der Waals surface area contributed by atoms with Crippen LogP contribution in [0.1, 0.15) is 61.3 Å². The van der Waals surface area contributed by atoms with E-state index in [1.807, 2.05) is 0 Å². The number of hydrogen-bond acceptors (Lipinski definition) is 8. The third-order valence-corrected chi connectivity index (χ3v) is 1.72. The fraction of sp³-hybridized carbons (Fsp3) is 0.750. The van der Waals surface area contributed by atoms with Crippen molar-refractivity contribution >= 4 is 23.9 Å². The maximum atomic E-state index is 11.0. The molecule has 0 unspecified atom stereocenters. The summed E-state index contributed by atoms with van der Waals surface area (Å²) in [4.78, 5) is 42.3. The Morgan fingerprint density at radius 3 is 1.40 bits per heavy atom. The van der Waals surface area contributed by atoms with Crippen molar-refractivity contribution in [2.45, 2.75) is 72.5 Å². The van der Waals surface area contributed by atoms with E-state index in [1.54, 1.807) is 48.5 Å². The third kappa shape index (κ3) is 25.9. The number of carbonyl (C=O) groups is 4. The smallest absolute Gasteiger partial charge is 0.550 e. The molecule has 0 aromatic heterocycles. The van der Waals surface area contributed by atoms with Gasteiger partial charge in [0.05, 0.1) is 19.0 Å². The van der Waals surface area contributed by atoms with Crippen molar-refractivity contribution in [2.24, 2.45) is 0 Å². The second-order valence-electron chi connectivity index (χ2n) is 6.70. The molecule has 0 radical (unpaired) electrons. The fourth-order valence-electron chi connectivity index (χ4n) is 1.20. The molecule has 0 saturated carbocycles. The molecule has 0 saturated heterocycles. The Morgan fingerprint density at radius 2 is 1.12 bits per heavy atom. The SMILES string of the molecule is CC(C)(C)OC(=O)CC(=O)[O-].CCOC(=O)CC(=O)OC(C)(C)C.[K+]. The zero-order valence-electron chi connectivity index (χ0n) is 16.4. The van der Waals surface area contributed by atoms with Crippen LogP contribution in [-0.4, -0.2) is 41.7 Å². The van der Waals surface area contributed by atoms with Crippen molar-refractivity contribution in [3.63, 3.8) is 0 Å². The van der Waals surface area contributed by atoms with E-state index in [4.69, 9.17) is 4.74 Å². The monoisotopic (exact) mass is 386 g/mol. The van der Waals surface area contributed by atoms with E-state index in [0.717, 1.165) is 0 Å². The first kappa shape index (κ1) is 29.3. The first-order valence-corrected chi connectivity index (χ1v) is 7.45. The molecule has 9 heteroatoms. The maximum absolute atomic E-state index is 11.0. The Balaban J connectivity index is -0.000000377. The summed E-state index contributed by atoms with van der Waals surface area (Å²) < 4.78 is 14.2. The van der Waals surface area contributed by atoms with Crippen molar-refractivity contribution in [3.8, 4) is 0 Å². The van der Waals surface area contributed by atoms with Crippen LogP contribution in [0.2, 0.25) is 0 Å². The molecule has 0 N–H and O–H groups in total. The number of aliphatic carboxylic acids is 1. The summed E-state index contributed by atoms with van der Waals surface area (Å²) in [7, 11) is 0. The van der Waals surface area contributed by atoms with Crippen molar-refractivity contribution in [1.82, 2.24) is 0 Å². The second kappa shape index (κ2) is 13.7. The molecule has 25 heavy (non-hydrogen) atoms. The van der Waals surface area contributed by atoms with Gasteiger partial charge in [-0.3, -0.25) is 14.4 Å². The van der Waals surface area contributed by atoms with Crippen molar-refractivity contribution in [2.75, 3.05) is 6.61 Å². The molecule has 0 aliphatic rings. The van der Waals surface area contributed by atoms with E-state index >= 15 is 0 Å². The summed E-state index contributed by atoms with van der Waals surface area (Å²) in [6.07, 6.45) is -0.998. The van der Waals surface area contributed by atoms with Crippen LogP contribution < -0.4 is 56.5 Å². The van der Waals surface area contributed by atoms with E-state index < -0.39 is 41.5 Å². The minimum Gasteiger partial charge on any atom is -0.550 e. The van der Waals surface area contributed by atoms with Crippen molar-refractivity contribution in [1.29, 1.82) is 0 Å². The fourth-order valence-corrected chi connectivity index (χ4v) is 1.20. The van der Waals surface area contributed by atoms with Gasteiger partial charge < -0.3 is 24.1 Å². The van der Waals surface area contributed by atoms with Gasteiger partial charge in [0.2, 0.25) is 0 Å². The van der Waals surface area contributed by atoms with Crippen molar-refractivity contribution in [3.05, 3.63) is 0 Å². The first-order valence-electron chi connectivity index (χ1n) is 7.45. The topological polar surface area (TPSA) is 119 Å². The molecule has 0 aliphatic carbocycles. The molecule has 0 rings (SSSR count). The molecule has 0 amide bonds. The van der Waals surface area contributed by atoms with E-state index in [-0.39, 0.29) is 64.4 Å². The molecule has 0 atom stereocenters. The number of carboxylic acids is 1. The quantitative estimate of drug-likeness (QED) is 0.225. The van der Waals surface area contributed by atoms with Crippen LogP contribution in [0.3, 0.4) is 0 Å². The first-order chi connectivity index (χ1) is 10.7. The number of rotatable bonds is 5. The van der Waals surface area contributed by atoms with Gasteiger partial charge in [-0.25, -0.2) is 0 Å². The molecule has 0 bridgehead atoms. The molecular formula is C16H27KO8. The average Bonchev–Trinajstić information content (AvgIpc) is 2.22. The van der Waals surface area contributed by atoms with Crippen LogP contribution >= 0.6 is 0 Å². The third-order valence-electron chi connectivity index (χ3n) is 1.72. The van der Waals surface area contributed by atoms with E-state index in [0.29, 0.717) is 0 Å². The van der Waals surface area contributed by atoms with Gasteiger partial charge in [-0.1, -0.05) is 0 Å². The minimum atomic E-state index is -1.42. The van der Waals surface area contributed by atoms with Gasteiger partial charge in [-0.15, -0.1) is 0 Å². The van der Waals surface area contributed by atoms with Gasteiger partial charge in [-0.2, -0.15) is 0 Å². The Labute approximate surface area is 191 Å². The molecule has 0 aromatic carbocycles. The van der Waals surface area contributed by atoms with Gasteiger partial charge in [0, 0.05) is 0 Å². The van der Waals surface area contributed by atoms with Crippen LogP contribution in [0, 0.1) is 0 Å². The number of ether oxygens (including phenoxy) is 3. The summed E-state index contributed by atoms with van der Waals surface area (Å²) in [5.74, 6) is -3.28. The molecular weight excluding hydrogens is 359 g/mol. The van der Waals surface area contributed by atoms with E-state index in [1.165, 1.54) is 0 Å². The second-order valence-corrected chi connectivity index (χ2v) is 6.70. The molecule has 140 valence electrons. The summed E-state index contributed by atoms with van der Waals surface area (Å²) in [5.41, 5.74) is -1.18. The predicted molar refractivity (Wildman–Crippen MR) is 82.6 cm³/mol. The molecule has 0 spiro atoms. The Kier molecular flexibility index (Phi) is 16.0. The van der Waals surface area contributed by atoms with Crippen LogP contribution in [0.25, 0.3) is 0 Å². The number of carboxylic acid groups (broad SMARTS) is 1. The Hall–Kier alpha value is -0.484. The summed E-state index contributed by atoms with van der Waals surface area (Å²) in [6, 6.07) is 0. The van der Waals surface area contributed by atoms with Gasteiger partial charge >= 0.3 is 69.3 Å². The zero-order valence-corrected chi connectivity index (χ0v) is 19.5.